The molecule has 0 aromatic heterocycles. The van der Waals surface area contributed by atoms with Crippen LogP contribution in [0.2, 0.25) is 0 Å². The van der Waals surface area contributed by atoms with Crippen LogP contribution < -0.4 is 0 Å². The summed E-state index contributed by atoms with van der Waals surface area (Å²) in [4.78, 5) is 8.74. The number of aliphatic imine (C=N–C) groups is 2. The molecule has 2 rings (SSSR count). The van der Waals surface area contributed by atoms with Crippen LogP contribution in [0.3, 0.4) is 0 Å². The van der Waals surface area contributed by atoms with Gasteiger partial charge in [0.25, 0.3) is 0 Å². The molecule has 0 aliphatic carbocycles. The summed E-state index contributed by atoms with van der Waals surface area (Å²) in [5, 5.41) is 19.3. The van der Waals surface area contributed by atoms with Crippen molar-refractivity contribution in [3.8, 4) is 11.5 Å². The highest BCUT2D eigenvalue weighted by molar-refractivity contribution is 5.83. The Labute approximate surface area is 156 Å². The van der Waals surface area contributed by atoms with Crippen molar-refractivity contribution in [2.75, 3.05) is 13.1 Å². The van der Waals surface area contributed by atoms with Crippen molar-refractivity contribution in [2.24, 2.45) is 9.98 Å². The molecule has 0 saturated carbocycles. The zero-order valence-electron chi connectivity index (χ0n) is 15.2. The number of benzene rings is 2. The van der Waals surface area contributed by atoms with Crippen molar-refractivity contribution >= 4 is 12.4 Å². The van der Waals surface area contributed by atoms with E-state index in [1.807, 2.05) is 36.4 Å². The molecule has 0 fully saturated rings. The largest absolute Gasteiger partial charge is 0.507 e. The Morgan fingerprint density at radius 3 is 1.38 bits per heavy atom. The van der Waals surface area contributed by atoms with Gasteiger partial charge in [-0.25, -0.2) is 0 Å². The van der Waals surface area contributed by atoms with Crippen LogP contribution in [0.4, 0.5) is 0 Å². The SMILES string of the molecule is Oc1ccccc1C=NCCCCCCCCN=Cc1ccccc1O. The quantitative estimate of drug-likeness (QED) is 0.442. The topological polar surface area (TPSA) is 65.2 Å². The van der Waals surface area contributed by atoms with Gasteiger partial charge in [-0.3, -0.25) is 9.98 Å². The minimum atomic E-state index is 0.279. The van der Waals surface area contributed by atoms with E-state index in [1.165, 1.54) is 25.7 Å². The van der Waals surface area contributed by atoms with Gasteiger partial charge < -0.3 is 10.2 Å². The van der Waals surface area contributed by atoms with E-state index in [0.717, 1.165) is 37.1 Å². The molecule has 138 valence electrons. The van der Waals surface area contributed by atoms with E-state index in [9.17, 15) is 10.2 Å². The second-order valence-corrected chi connectivity index (χ2v) is 6.31. The summed E-state index contributed by atoms with van der Waals surface area (Å²) in [6, 6.07) is 14.5. The van der Waals surface area contributed by atoms with E-state index in [-0.39, 0.29) is 11.5 Å². The fourth-order valence-corrected chi connectivity index (χ4v) is 2.63. The third kappa shape index (κ3) is 7.51. The van der Waals surface area contributed by atoms with Crippen molar-refractivity contribution < 1.29 is 10.2 Å². The lowest BCUT2D eigenvalue weighted by Crippen LogP contribution is -1.88. The van der Waals surface area contributed by atoms with Gasteiger partial charge in [0.15, 0.2) is 0 Å². The highest BCUT2D eigenvalue weighted by Gasteiger charge is 1.96. The molecule has 0 unspecified atom stereocenters. The number of phenols is 2. The minimum absolute atomic E-state index is 0.279. The monoisotopic (exact) mass is 352 g/mol. The van der Waals surface area contributed by atoms with Crippen molar-refractivity contribution in [3.63, 3.8) is 0 Å². The van der Waals surface area contributed by atoms with Gasteiger partial charge in [0, 0.05) is 36.6 Å². The predicted molar refractivity (Wildman–Crippen MR) is 109 cm³/mol. The first kappa shape index (κ1) is 19.7. The smallest absolute Gasteiger partial charge is 0.124 e. The minimum Gasteiger partial charge on any atom is -0.507 e. The molecule has 0 aliphatic rings. The fraction of sp³-hybridized carbons (Fsp3) is 0.364. The summed E-state index contributed by atoms with van der Waals surface area (Å²) < 4.78 is 0. The molecule has 4 nitrogen and oxygen atoms in total. The summed E-state index contributed by atoms with van der Waals surface area (Å²) in [6.45, 7) is 1.61. The van der Waals surface area contributed by atoms with E-state index in [2.05, 4.69) is 9.98 Å². The van der Waals surface area contributed by atoms with Crippen LogP contribution in [0.5, 0.6) is 11.5 Å². The maximum atomic E-state index is 9.64. The zero-order valence-corrected chi connectivity index (χ0v) is 15.2. The summed E-state index contributed by atoms with van der Waals surface area (Å²) in [6.07, 6.45) is 10.4. The molecule has 2 N–H and O–H groups in total. The van der Waals surface area contributed by atoms with Crippen LogP contribution in [-0.4, -0.2) is 35.7 Å². The van der Waals surface area contributed by atoms with E-state index >= 15 is 0 Å². The van der Waals surface area contributed by atoms with Crippen LogP contribution in [0.1, 0.15) is 49.7 Å². The molecule has 0 amide bonds. The summed E-state index contributed by atoms with van der Waals surface area (Å²) in [5.41, 5.74) is 1.55. The molecule has 0 bridgehead atoms. The number of aromatic hydroxyl groups is 2. The van der Waals surface area contributed by atoms with Crippen LogP contribution in [0.15, 0.2) is 58.5 Å². The Morgan fingerprint density at radius 1 is 0.577 bits per heavy atom. The Kier molecular flexibility index (Phi) is 8.98. The Bertz CT molecular complexity index is 649. The molecule has 0 heterocycles. The summed E-state index contributed by atoms with van der Waals surface area (Å²) >= 11 is 0. The average molecular weight is 352 g/mol. The number of unbranched alkanes of at least 4 members (excludes halogenated alkanes) is 5. The second kappa shape index (κ2) is 11.9. The van der Waals surface area contributed by atoms with Crippen LogP contribution in [0, 0.1) is 0 Å². The molecule has 0 atom stereocenters. The first-order valence-electron chi connectivity index (χ1n) is 9.33. The molecule has 0 aliphatic heterocycles. The van der Waals surface area contributed by atoms with Gasteiger partial charge in [0.1, 0.15) is 11.5 Å². The molecule has 2 aromatic rings. The van der Waals surface area contributed by atoms with Gasteiger partial charge in [-0.05, 0) is 37.1 Å². The van der Waals surface area contributed by atoms with Gasteiger partial charge in [-0.15, -0.1) is 0 Å². The lowest BCUT2D eigenvalue weighted by molar-refractivity contribution is 0.474. The lowest BCUT2D eigenvalue weighted by atomic mass is 10.1. The van der Waals surface area contributed by atoms with Crippen LogP contribution >= 0.6 is 0 Å². The molecular weight excluding hydrogens is 324 g/mol. The van der Waals surface area contributed by atoms with E-state index < -0.39 is 0 Å². The van der Waals surface area contributed by atoms with Gasteiger partial charge in [-0.2, -0.15) is 0 Å². The molecule has 4 heteroatoms. The normalized spacial score (nSPS) is 11.5. The van der Waals surface area contributed by atoms with Gasteiger partial charge >= 0.3 is 0 Å². The standard InChI is InChI=1S/C22H28N2O2/c25-21-13-7-5-11-19(21)17-23-15-9-3-1-2-4-10-16-24-18-20-12-6-8-14-22(20)26/h5-8,11-14,17-18,25-26H,1-4,9-10,15-16H2. The Hall–Kier alpha value is -2.62. The zero-order chi connectivity index (χ0) is 18.5. The van der Waals surface area contributed by atoms with E-state index in [4.69, 9.17) is 0 Å². The number of hydrogen-bond donors (Lipinski definition) is 2. The molecule has 26 heavy (non-hydrogen) atoms. The van der Waals surface area contributed by atoms with E-state index in [1.54, 1.807) is 24.6 Å². The first-order chi connectivity index (χ1) is 12.8. The highest BCUT2D eigenvalue weighted by Crippen LogP contribution is 2.14. The van der Waals surface area contributed by atoms with Crippen molar-refractivity contribution in [2.45, 2.75) is 38.5 Å². The van der Waals surface area contributed by atoms with Crippen molar-refractivity contribution in [1.29, 1.82) is 0 Å². The van der Waals surface area contributed by atoms with Crippen LogP contribution in [-0.2, 0) is 0 Å². The number of nitrogens with zero attached hydrogens (tertiary/aromatic N) is 2. The van der Waals surface area contributed by atoms with Crippen LogP contribution in [0.25, 0.3) is 0 Å². The van der Waals surface area contributed by atoms with Gasteiger partial charge in [-0.1, -0.05) is 49.9 Å². The van der Waals surface area contributed by atoms with Gasteiger partial charge in [0.05, 0.1) is 0 Å². The maximum absolute atomic E-state index is 9.64. The highest BCUT2D eigenvalue weighted by atomic mass is 16.3. The van der Waals surface area contributed by atoms with E-state index in [0.29, 0.717) is 0 Å². The number of para-hydroxylation sites is 2. The van der Waals surface area contributed by atoms with Gasteiger partial charge in [0.2, 0.25) is 0 Å². The number of hydrogen-bond acceptors (Lipinski definition) is 4. The fourth-order valence-electron chi connectivity index (χ4n) is 2.63. The number of phenolic OH excluding ortho intramolecular Hbond substituents is 2. The third-order valence-electron chi connectivity index (χ3n) is 4.16. The maximum Gasteiger partial charge on any atom is 0.124 e. The Balaban J connectivity index is 1.46. The molecular formula is C22H28N2O2. The molecule has 2 aromatic carbocycles. The summed E-state index contributed by atoms with van der Waals surface area (Å²) in [5.74, 6) is 0.558. The average Bonchev–Trinajstić information content (AvgIpc) is 2.65. The molecule has 0 radical (unpaired) electrons. The molecule has 0 spiro atoms. The molecule has 0 saturated heterocycles. The first-order valence-corrected chi connectivity index (χ1v) is 9.33. The van der Waals surface area contributed by atoms with Crippen molar-refractivity contribution in [3.05, 3.63) is 59.7 Å². The Morgan fingerprint density at radius 2 is 0.962 bits per heavy atom. The second-order valence-electron chi connectivity index (χ2n) is 6.31. The lowest BCUT2D eigenvalue weighted by Gasteiger charge is -2.00. The predicted octanol–water partition coefficient (Wildman–Crippen LogP) is 4.98. The third-order valence-corrected chi connectivity index (χ3v) is 4.16. The number of rotatable bonds is 11. The summed E-state index contributed by atoms with van der Waals surface area (Å²) in [7, 11) is 0. The van der Waals surface area contributed by atoms with Crippen molar-refractivity contribution in [1.82, 2.24) is 0 Å².